The predicted molar refractivity (Wildman–Crippen MR) is 68.8 cm³/mol. The van der Waals surface area contributed by atoms with Gasteiger partial charge >= 0.3 is 0 Å². The van der Waals surface area contributed by atoms with Gasteiger partial charge in [0, 0.05) is 6.61 Å². The highest BCUT2D eigenvalue weighted by Gasteiger charge is 2.14. The van der Waals surface area contributed by atoms with Crippen molar-refractivity contribution < 1.29 is 4.74 Å². The molecule has 0 radical (unpaired) electrons. The van der Waals surface area contributed by atoms with E-state index in [-0.39, 0.29) is 6.10 Å². The van der Waals surface area contributed by atoms with E-state index in [2.05, 4.69) is 32.8 Å². The fourth-order valence-electron chi connectivity index (χ4n) is 1.39. The van der Waals surface area contributed by atoms with Gasteiger partial charge in [-0.05, 0) is 36.2 Å². The summed E-state index contributed by atoms with van der Waals surface area (Å²) in [6, 6.07) is 0. The number of halogens is 2. The molecule has 0 aliphatic carbocycles. The second-order valence-electron chi connectivity index (χ2n) is 3.48. The van der Waals surface area contributed by atoms with E-state index in [9.17, 15) is 0 Å². The first-order chi connectivity index (χ1) is 7.60. The van der Waals surface area contributed by atoms with Gasteiger partial charge in [0.15, 0.2) is 5.82 Å². The molecule has 0 aliphatic heterocycles. The standard InChI is InChI=1S/C11H16BrClN2O/c1-4-6-8-9(12)10(13)15-11(14-8)7(3)16-5-2/h7H,4-6H2,1-3H3. The fraction of sp³-hybridized carbons (Fsp3) is 0.636. The Morgan fingerprint density at radius 2 is 2.06 bits per heavy atom. The van der Waals surface area contributed by atoms with Gasteiger partial charge in [-0.3, -0.25) is 0 Å². The Morgan fingerprint density at radius 3 is 2.62 bits per heavy atom. The topological polar surface area (TPSA) is 35.0 Å². The Balaban J connectivity index is 3.03. The first-order valence-corrected chi connectivity index (χ1v) is 6.60. The lowest BCUT2D eigenvalue weighted by atomic mass is 10.2. The summed E-state index contributed by atoms with van der Waals surface area (Å²) >= 11 is 9.45. The first kappa shape index (κ1) is 13.9. The van der Waals surface area contributed by atoms with E-state index in [1.54, 1.807) is 0 Å². The van der Waals surface area contributed by atoms with Gasteiger partial charge in [-0.15, -0.1) is 0 Å². The molecule has 0 aromatic carbocycles. The van der Waals surface area contributed by atoms with Crippen LogP contribution < -0.4 is 0 Å². The van der Waals surface area contributed by atoms with E-state index >= 15 is 0 Å². The van der Waals surface area contributed by atoms with Crippen LogP contribution in [0.1, 0.15) is 44.8 Å². The normalized spacial score (nSPS) is 12.8. The Morgan fingerprint density at radius 1 is 1.38 bits per heavy atom. The number of nitrogens with zero attached hydrogens (tertiary/aromatic N) is 2. The second-order valence-corrected chi connectivity index (χ2v) is 4.63. The zero-order valence-electron chi connectivity index (χ0n) is 9.76. The van der Waals surface area contributed by atoms with Gasteiger partial charge in [0.25, 0.3) is 0 Å². The second kappa shape index (κ2) is 6.52. The van der Waals surface area contributed by atoms with E-state index < -0.39 is 0 Å². The largest absolute Gasteiger partial charge is 0.371 e. The van der Waals surface area contributed by atoms with Crippen LogP contribution in [-0.2, 0) is 11.2 Å². The van der Waals surface area contributed by atoms with Crippen molar-refractivity contribution in [2.24, 2.45) is 0 Å². The monoisotopic (exact) mass is 306 g/mol. The number of aryl methyl sites for hydroxylation is 1. The molecule has 1 aromatic heterocycles. The van der Waals surface area contributed by atoms with Crippen molar-refractivity contribution in [3.8, 4) is 0 Å². The van der Waals surface area contributed by atoms with Crippen molar-refractivity contribution in [1.82, 2.24) is 9.97 Å². The molecule has 0 bridgehead atoms. The van der Waals surface area contributed by atoms with Crippen molar-refractivity contribution >= 4 is 27.5 Å². The minimum atomic E-state index is -0.119. The molecule has 3 nitrogen and oxygen atoms in total. The summed E-state index contributed by atoms with van der Waals surface area (Å²) in [4.78, 5) is 8.69. The summed E-state index contributed by atoms with van der Waals surface area (Å²) in [6.45, 7) is 6.62. The molecule has 1 atom stereocenters. The van der Waals surface area contributed by atoms with Crippen LogP contribution in [-0.4, -0.2) is 16.6 Å². The third-order valence-electron chi connectivity index (χ3n) is 2.16. The fourth-order valence-corrected chi connectivity index (χ4v) is 1.96. The van der Waals surface area contributed by atoms with Crippen LogP contribution in [0.5, 0.6) is 0 Å². The van der Waals surface area contributed by atoms with E-state index in [0.29, 0.717) is 17.6 Å². The number of hydrogen-bond acceptors (Lipinski definition) is 3. The summed E-state index contributed by atoms with van der Waals surface area (Å²) in [5.74, 6) is 0.651. The summed E-state index contributed by atoms with van der Waals surface area (Å²) in [6.07, 6.45) is 1.79. The van der Waals surface area contributed by atoms with Crippen molar-refractivity contribution in [2.75, 3.05) is 6.61 Å². The van der Waals surface area contributed by atoms with Gasteiger partial charge in [-0.25, -0.2) is 9.97 Å². The van der Waals surface area contributed by atoms with Gasteiger partial charge in [0.2, 0.25) is 0 Å². The third kappa shape index (κ3) is 3.40. The Labute approximate surface area is 110 Å². The van der Waals surface area contributed by atoms with Crippen molar-refractivity contribution in [3.05, 3.63) is 21.1 Å². The molecule has 90 valence electrons. The maximum Gasteiger partial charge on any atom is 0.158 e. The molecule has 1 heterocycles. The molecule has 0 saturated carbocycles. The Bertz CT molecular complexity index is 360. The average molecular weight is 308 g/mol. The Kier molecular flexibility index (Phi) is 5.66. The van der Waals surface area contributed by atoms with Crippen LogP contribution in [0, 0.1) is 0 Å². The molecule has 0 spiro atoms. The third-order valence-corrected chi connectivity index (χ3v) is 3.50. The minimum Gasteiger partial charge on any atom is -0.371 e. The van der Waals surface area contributed by atoms with Crippen LogP contribution in [0.2, 0.25) is 5.15 Å². The molecule has 0 N–H and O–H groups in total. The summed E-state index contributed by atoms with van der Waals surface area (Å²) < 4.78 is 6.25. The van der Waals surface area contributed by atoms with Crippen LogP contribution in [0.25, 0.3) is 0 Å². The van der Waals surface area contributed by atoms with Crippen LogP contribution in [0.4, 0.5) is 0 Å². The molecule has 1 rings (SSSR count). The van der Waals surface area contributed by atoms with Crippen molar-refractivity contribution in [1.29, 1.82) is 0 Å². The molecule has 1 unspecified atom stereocenters. The Hall–Kier alpha value is -0.190. The molecular formula is C11H16BrClN2O. The highest BCUT2D eigenvalue weighted by Crippen LogP contribution is 2.26. The summed E-state index contributed by atoms with van der Waals surface area (Å²) in [5.41, 5.74) is 0.948. The molecular weight excluding hydrogens is 291 g/mol. The SMILES string of the molecule is CCCc1nc(C(C)OCC)nc(Cl)c1Br. The zero-order valence-corrected chi connectivity index (χ0v) is 12.1. The lowest BCUT2D eigenvalue weighted by molar-refractivity contribution is 0.0698. The van der Waals surface area contributed by atoms with E-state index in [1.165, 1.54) is 0 Å². The van der Waals surface area contributed by atoms with Crippen LogP contribution >= 0.6 is 27.5 Å². The van der Waals surface area contributed by atoms with Gasteiger partial charge in [-0.2, -0.15) is 0 Å². The van der Waals surface area contributed by atoms with Gasteiger partial charge in [0.05, 0.1) is 10.2 Å². The van der Waals surface area contributed by atoms with Gasteiger partial charge in [-0.1, -0.05) is 24.9 Å². The van der Waals surface area contributed by atoms with Gasteiger partial charge in [0.1, 0.15) is 11.3 Å². The zero-order chi connectivity index (χ0) is 12.1. The quantitative estimate of drug-likeness (QED) is 0.773. The number of hydrogen-bond donors (Lipinski definition) is 0. The van der Waals surface area contributed by atoms with E-state index in [1.807, 2.05) is 13.8 Å². The van der Waals surface area contributed by atoms with Crippen LogP contribution in [0.3, 0.4) is 0 Å². The minimum absolute atomic E-state index is 0.119. The predicted octanol–water partition coefficient (Wildman–Crippen LogP) is 3.94. The molecule has 0 saturated heterocycles. The van der Waals surface area contributed by atoms with Gasteiger partial charge < -0.3 is 4.74 Å². The highest BCUT2D eigenvalue weighted by molar-refractivity contribution is 9.10. The van der Waals surface area contributed by atoms with E-state index in [0.717, 1.165) is 23.0 Å². The summed E-state index contributed by atoms with van der Waals surface area (Å²) in [7, 11) is 0. The lowest BCUT2D eigenvalue weighted by Crippen LogP contribution is -2.08. The maximum atomic E-state index is 6.05. The molecule has 1 aromatic rings. The van der Waals surface area contributed by atoms with Crippen molar-refractivity contribution in [3.63, 3.8) is 0 Å². The molecule has 0 amide bonds. The average Bonchev–Trinajstić information content (AvgIpc) is 2.25. The lowest BCUT2D eigenvalue weighted by Gasteiger charge is -2.13. The number of rotatable bonds is 5. The number of ether oxygens (including phenoxy) is 1. The first-order valence-electron chi connectivity index (χ1n) is 5.43. The molecule has 5 heteroatoms. The van der Waals surface area contributed by atoms with Crippen LogP contribution in [0.15, 0.2) is 4.47 Å². The van der Waals surface area contributed by atoms with E-state index in [4.69, 9.17) is 16.3 Å². The van der Waals surface area contributed by atoms with Crippen molar-refractivity contribution in [2.45, 2.75) is 39.7 Å². The molecule has 0 fully saturated rings. The maximum absolute atomic E-state index is 6.05. The summed E-state index contributed by atoms with van der Waals surface area (Å²) in [5, 5.41) is 0.458. The smallest absolute Gasteiger partial charge is 0.158 e. The molecule has 16 heavy (non-hydrogen) atoms. The highest BCUT2D eigenvalue weighted by atomic mass is 79.9. The molecule has 0 aliphatic rings. The number of aromatic nitrogens is 2.